The van der Waals surface area contributed by atoms with Gasteiger partial charge in [0.15, 0.2) is 0 Å². The highest BCUT2D eigenvalue weighted by atomic mass is 16.5. The molecule has 2 rings (SSSR count). The van der Waals surface area contributed by atoms with Crippen LogP contribution in [-0.4, -0.2) is 24.5 Å². The molecule has 0 saturated carbocycles. The zero-order chi connectivity index (χ0) is 17.2. The summed E-state index contributed by atoms with van der Waals surface area (Å²) in [6.45, 7) is 2.02. The molecule has 0 bridgehead atoms. The maximum Gasteiger partial charge on any atom is 0.328 e. The molecule has 24 heavy (non-hydrogen) atoms. The van der Waals surface area contributed by atoms with Crippen LogP contribution in [0.1, 0.15) is 18.1 Å². The SMILES string of the molecule is CCOC(=O)C(Cc1ccccc1)NC(=O)C=Cc1ccccc1. The van der Waals surface area contributed by atoms with Crippen LogP contribution in [0.4, 0.5) is 0 Å². The van der Waals surface area contributed by atoms with Crippen LogP contribution in [0.5, 0.6) is 0 Å². The second kappa shape index (κ2) is 9.30. The van der Waals surface area contributed by atoms with Crippen molar-refractivity contribution in [1.82, 2.24) is 5.32 Å². The third kappa shape index (κ3) is 5.72. The van der Waals surface area contributed by atoms with E-state index in [4.69, 9.17) is 4.74 Å². The second-order valence-corrected chi connectivity index (χ2v) is 5.25. The summed E-state index contributed by atoms with van der Waals surface area (Å²) >= 11 is 0. The Labute approximate surface area is 142 Å². The van der Waals surface area contributed by atoms with Gasteiger partial charge in [-0.3, -0.25) is 4.79 Å². The van der Waals surface area contributed by atoms with Crippen LogP contribution < -0.4 is 5.32 Å². The third-order valence-corrected chi connectivity index (χ3v) is 3.40. The van der Waals surface area contributed by atoms with Crippen molar-refractivity contribution in [1.29, 1.82) is 0 Å². The van der Waals surface area contributed by atoms with Gasteiger partial charge in [-0.15, -0.1) is 0 Å². The van der Waals surface area contributed by atoms with Crippen molar-refractivity contribution < 1.29 is 14.3 Å². The Morgan fingerprint density at radius 1 is 1.04 bits per heavy atom. The van der Waals surface area contributed by atoms with Gasteiger partial charge in [0, 0.05) is 12.5 Å². The lowest BCUT2D eigenvalue weighted by molar-refractivity contribution is -0.146. The van der Waals surface area contributed by atoms with Crippen molar-refractivity contribution in [3.05, 3.63) is 77.9 Å². The number of hydrogen-bond donors (Lipinski definition) is 1. The lowest BCUT2D eigenvalue weighted by Crippen LogP contribution is -2.42. The van der Waals surface area contributed by atoms with E-state index >= 15 is 0 Å². The summed E-state index contributed by atoms with van der Waals surface area (Å²) in [7, 11) is 0. The largest absolute Gasteiger partial charge is 0.464 e. The van der Waals surface area contributed by atoms with Crippen molar-refractivity contribution in [2.75, 3.05) is 6.61 Å². The highest BCUT2D eigenvalue weighted by Crippen LogP contribution is 2.06. The Hall–Kier alpha value is -2.88. The molecule has 4 nitrogen and oxygen atoms in total. The zero-order valence-corrected chi connectivity index (χ0v) is 13.6. The Morgan fingerprint density at radius 2 is 1.67 bits per heavy atom. The van der Waals surface area contributed by atoms with E-state index in [0.717, 1.165) is 11.1 Å². The summed E-state index contributed by atoms with van der Waals surface area (Å²) in [5, 5.41) is 2.72. The van der Waals surface area contributed by atoms with E-state index in [1.54, 1.807) is 13.0 Å². The van der Waals surface area contributed by atoms with Gasteiger partial charge in [0.2, 0.25) is 5.91 Å². The molecule has 0 aromatic heterocycles. The van der Waals surface area contributed by atoms with Crippen LogP contribution in [0.3, 0.4) is 0 Å². The van der Waals surface area contributed by atoms with Gasteiger partial charge in [-0.1, -0.05) is 60.7 Å². The maximum absolute atomic E-state index is 12.1. The van der Waals surface area contributed by atoms with Gasteiger partial charge >= 0.3 is 5.97 Å². The fraction of sp³-hybridized carbons (Fsp3) is 0.200. The Morgan fingerprint density at radius 3 is 2.29 bits per heavy atom. The summed E-state index contributed by atoms with van der Waals surface area (Å²) in [5.74, 6) is -0.754. The molecule has 0 aliphatic rings. The van der Waals surface area contributed by atoms with Crippen molar-refractivity contribution in [2.45, 2.75) is 19.4 Å². The number of benzene rings is 2. The van der Waals surface area contributed by atoms with E-state index in [-0.39, 0.29) is 12.5 Å². The molecule has 1 N–H and O–H groups in total. The molecule has 2 aromatic carbocycles. The number of carbonyl (C=O) groups excluding carboxylic acids is 2. The maximum atomic E-state index is 12.1. The molecule has 0 radical (unpaired) electrons. The van der Waals surface area contributed by atoms with E-state index in [1.165, 1.54) is 6.08 Å². The highest BCUT2D eigenvalue weighted by molar-refractivity contribution is 5.94. The molecule has 0 heterocycles. The van der Waals surface area contributed by atoms with E-state index in [0.29, 0.717) is 6.42 Å². The summed E-state index contributed by atoms with van der Waals surface area (Å²) in [6.07, 6.45) is 3.53. The number of rotatable bonds is 7. The van der Waals surface area contributed by atoms with E-state index < -0.39 is 12.0 Å². The normalized spacial score (nSPS) is 11.9. The number of carbonyl (C=O) groups is 2. The van der Waals surface area contributed by atoms with Crippen molar-refractivity contribution in [3.63, 3.8) is 0 Å². The number of esters is 1. The molecular formula is C20H21NO3. The average Bonchev–Trinajstić information content (AvgIpc) is 2.61. The van der Waals surface area contributed by atoms with E-state index in [1.807, 2.05) is 60.7 Å². The Kier molecular flexibility index (Phi) is 6.77. The molecule has 0 fully saturated rings. The van der Waals surface area contributed by atoms with E-state index in [9.17, 15) is 9.59 Å². The topological polar surface area (TPSA) is 55.4 Å². The monoisotopic (exact) mass is 323 g/mol. The Balaban J connectivity index is 2.02. The minimum absolute atomic E-state index is 0.278. The minimum Gasteiger partial charge on any atom is -0.464 e. The third-order valence-electron chi connectivity index (χ3n) is 3.40. The number of amides is 1. The first kappa shape index (κ1) is 17.5. The molecule has 0 aliphatic heterocycles. The molecule has 2 aromatic rings. The van der Waals surface area contributed by atoms with Gasteiger partial charge in [-0.25, -0.2) is 4.79 Å². The van der Waals surface area contributed by atoms with Gasteiger partial charge in [0.25, 0.3) is 0 Å². The highest BCUT2D eigenvalue weighted by Gasteiger charge is 2.21. The molecule has 1 unspecified atom stereocenters. The van der Waals surface area contributed by atoms with Crippen LogP contribution >= 0.6 is 0 Å². The first-order valence-electron chi connectivity index (χ1n) is 7.93. The molecule has 0 spiro atoms. The fourth-order valence-electron chi connectivity index (χ4n) is 2.24. The van der Waals surface area contributed by atoms with Gasteiger partial charge in [0.1, 0.15) is 6.04 Å². The first-order valence-corrected chi connectivity index (χ1v) is 7.93. The van der Waals surface area contributed by atoms with Crippen molar-refractivity contribution in [3.8, 4) is 0 Å². The predicted octanol–water partition coefficient (Wildman–Crippen LogP) is 2.99. The lowest BCUT2D eigenvalue weighted by atomic mass is 10.1. The number of ether oxygens (including phenoxy) is 1. The van der Waals surface area contributed by atoms with Crippen LogP contribution in [0, 0.1) is 0 Å². The average molecular weight is 323 g/mol. The minimum atomic E-state index is -0.708. The summed E-state index contributed by atoms with van der Waals surface area (Å²) in [4.78, 5) is 24.2. The predicted molar refractivity (Wildman–Crippen MR) is 94.2 cm³/mol. The van der Waals surface area contributed by atoms with Crippen LogP contribution in [-0.2, 0) is 20.7 Å². The molecule has 0 aliphatic carbocycles. The molecular weight excluding hydrogens is 302 g/mol. The Bertz CT molecular complexity index is 681. The van der Waals surface area contributed by atoms with Gasteiger partial charge in [-0.05, 0) is 24.1 Å². The molecule has 124 valence electrons. The van der Waals surface area contributed by atoms with E-state index in [2.05, 4.69) is 5.32 Å². The number of hydrogen-bond acceptors (Lipinski definition) is 3. The van der Waals surface area contributed by atoms with Crippen LogP contribution in [0.15, 0.2) is 66.7 Å². The van der Waals surface area contributed by atoms with Crippen molar-refractivity contribution >= 4 is 18.0 Å². The second-order valence-electron chi connectivity index (χ2n) is 5.25. The van der Waals surface area contributed by atoms with Gasteiger partial charge in [0.05, 0.1) is 6.61 Å². The standard InChI is InChI=1S/C20H21NO3/c1-2-24-20(23)18(15-17-11-7-4-8-12-17)21-19(22)14-13-16-9-5-3-6-10-16/h3-14,18H,2,15H2,1H3,(H,21,22). The summed E-state index contributed by atoms with van der Waals surface area (Å²) in [6, 6.07) is 18.3. The zero-order valence-electron chi connectivity index (χ0n) is 13.6. The molecule has 1 atom stereocenters. The fourth-order valence-corrected chi connectivity index (χ4v) is 2.24. The smallest absolute Gasteiger partial charge is 0.328 e. The van der Waals surface area contributed by atoms with Gasteiger partial charge < -0.3 is 10.1 Å². The summed E-state index contributed by atoms with van der Waals surface area (Å²) in [5.41, 5.74) is 1.88. The quantitative estimate of drug-likeness (QED) is 0.629. The van der Waals surface area contributed by atoms with Crippen LogP contribution in [0.2, 0.25) is 0 Å². The first-order chi connectivity index (χ1) is 11.7. The van der Waals surface area contributed by atoms with Gasteiger partial charge in [-0.2, -0.15) is 0 Å². The molecule has 4 heteroatoms. The van der Waals surface area contributed by atoms with Crippen LogP contribution in [0.25, 0.3) is 6.08 Å². The molecule has 0 saturated heterocycles. The lowest BCUT2D eigenvalue weighted by Gasteiger charge is -2.16. The molecule has 1 amide bonds. The number of nitrogens with one attached hydrogen (secondary N) is 1. The summed E-state index contributed by atoms with van der Waals surface area (Å²) < 4.78 is 5.06. The van der Waals surface area contributed by atoms with Crippen molar-refractivity contribution in [2.24, 2.45) is 0 Å².